The Labute approximate surface area is 175 Å². The Bertz CT molecular complexity index is 992. The van der Waals surface area contributed by atoms with Crippen molar-refractivity contribution < 1.29 is 14.3 Å². The molecule has 1 saturated heterocycles. The summed E-state index contributed by atoms with van der Waals surface area (Å²) in [5.74, 6) is 0.0936. The van der Waals surface area contributed by atoms with Crippen LogP contribution in [-0.2, 0) is 9.59 Å². The van der Waals surface area contributed by atoms with Crippen molar-refractivity contribution in [3.63, 3.8) is 0 Å². The second-order valence-corrected chi connectivity index (χ2v) is 7.79. The van der Waals surface area contributed by atoms with E-state index in [-0.39, 0.29) is 11.8 Å². The fourth-order valence-corrected chi connectivity index (χ4v) is 4.08. The minimum absolute atomic E-state index is 0.289. The number of carbonyl (C=O) groups excluding carboxylic acids is 2. The molecule has 0 aromatic heterocycles. The van der Waals surface area contributed by atoms with Gasteiger partial charge in [-0.1, -0.05) is 29.8 Å². The quantitative estimate of drug-likeness (QED) is 0.700. The highest BCUT2D eigenvalue weighted by Gasteiger charge is 2.42. The number of nitrogens with zero attached hydrogens (tertiary/aromatic N) is 2. The number of methoxy groups -OCH3 is 1. The number of rotatable bonds is 4. The molecule has 2 aromatic carbocycles. The molecule has 2 aromatic rings. The average Bonchev–Trinajstić information content (AvgIpc) is 3.01. The summed E-state index contributed by atoms with van der Waals surface area (Å²) in [6.45, 7) is 3.44. The van der Waals surface area contributed by atoms with E-state index in [4.69, 9.17) is 16.3 Å². The highest BCUT2D eigenvalue weighted by Crippen LogP contribution is 2.37. The minimum Gasteiger partial charge on any atom is -0.497 e. The molecule has 0 radical (unpaired) electrons. The summed E-state index contributed by atoms with van der Waals surface area (Å²) >= 11 is 6.27. The van der Waals surface area contributed by atoms with Gasteiger partial charge in [-0.3, -0.25) is 9.59 Å². The van der Waals surface area contributed by atoms with Crippen LogP contribution in [0.2, 0.25) is 5.02 Å². The summed E-state index contributed by atoms with van der Waals surface area (Å²) in [5, 5.41) is 0.528. The van der Waals surface area contributed by atoms with E-state index in [0.29, 0.717) is 33.3 Å². The molecule has 2 aliphatic rings. The molecule has 5 nitrogen and oxygen atoms in total. The number of amides is 2. The Morgan fingerprint density at radius 1 is 0.931 bits per heavy atom. The fourth-order valence-electron chi connectivity index (χ4n) is 3.90. The van der Waals surface area contributed by atoms with Gasteiger partial charge in [0.05, 0.1) is 18.4 Å². The lowest BCUT2D eigenvalue weighted by atomic mass is 10.0. The Hall–Kier alpha value is -2.79. The van der Waals surface area contributed by atoms with E-state index in [2.05, 4.69) is 4.90 Å². The molecule has 0 unspecified atom stereocenters. The van der Waals surface area contributed by atoms with Crippen LogP contribution in [0.5, 0.6) is 5.75 Å². The van der Waals surface area contributed by atoms with Gasteiger partial charge in [0.1, 0.15) is 11.4 Å². The third-order valence-electron chi connectivity index (χ3n) is 5.52. The Balaban J connectivity index is 1.81. The van der Waals surface area contributed by atoms with E-state index < -0.39 is 0 Å². The van der Waals surface area contributed by atoms with Gasteiger partial charge >= 0.3 is 0 Å². The molecule has 0 bridgehead atoms. The molecule has 29 heavy (non-hydrogen) atoms. The average molecular weight is 411 g/mol. The van der Waals surface area contributed by atoms with Crippen LogP contribution in [0.3, 0.4) is 0 Å². The maximum absolute atomic E-state index is 13.5. The van der Waals surface area contributed by atoms with Crippen molar-refractivity contribution in [3.05, 3.63) is 64.3 Å². The van der Waals surface area contributed by atoms with E-state index in [1.807, 2.05) is 25.1 Å². The van der Waals surface area contributed by atoms with Gasteiger partial charge in [-0.2, -0.15) is 0 Å². The lowest BCUT2D eigenvalue weighted by Gasteiger charge is -2.29. The highest BCUT2D eigenvalue weighted by atomic mass is 35.5. The largest absolute Gasteiger partial charge is 0.497 e. The van der Waals surface area contributed by atoms with E-state index in [1.165, 1.54) is 4.90 Å². The number of hydrogen-bond donors (Lipinski definition) is 0. The zero-order chi connectivity index (χ0) is 20.5. The van der Waals surface area contributed by atoms with Gasteiger partial charge in [-0.15, -0.1) is 0 Å². The second-order valence-electron chi connectivity index (χ2n) is 7.38. The molecule has 0 spiro atoms. The predicted octanol–water partition coefficient (Wildman–Crippen LogP) is 4.43. The van der Waals surface area contributed by atoms with Gasteiger partial charge in [0, 0.05) is 18.1 Å². The number of piperidine rings is 1. The normalized spacial score (nSPS) is 17.3. The van der Waals surface area contributed by atoms with Crippen molar-refractivity contribution >= 4 is 34.7 Å². The summed E-state index contributed by atoms with van der Waals surface area (Å²) in [6, 6.07) is 12.5. The van der Waals surface area contributed by atoms with Crippen LogP contribution in [0.4, 0.5) is 5.69 Å². The first-order valence-corrected chi connectivity index (χ1v) is 10.2. The molecule has 2 amide bonds. The van der Waals surface area contributed by atoms with Crippen LogP contribution in [-0.4, -0.2) is 36.9 Å². The topological polar surface area (TPSA) is 49.9 Å². The first-order valence-electron chi connectivity index (χ1n) is 9.80. The number of ether oxygens (including phenoxy) is 1. The van der Waals surface area contributed by atoms with Crippen LogP contribution < -0.4 is 9.64 Å². The Morgan fingerprint density at radius 3 is 2.24 bits per heavy atom. The molecular weight excluding hydrogens is 388 g/mol. The molecular formula is C23H23ClN2O3. The van der Waals surface area contributed by atoms with E-state index >= 15 is 0 Å². The minimum atomic E-state index is -0.319. The number of halogens is 1. The number of hydrogen-bond acceptors (Lipinski definition) is 4. The summed E-state index contributed by atoms with van der Waals surface area (Å²) in [4.78, 5) is 30.2. The van der Waals surface area contributed by atoms with Crippen LogP contribution in [0.15, 0.2) is 48.2 Å². The van der Waals surface area contributed by atoms with E-state index in [0.717, 1.165) is 37.9 Å². The Morgan fingerprint density at radius 2 is 1.62 bits per heavy atom. The number of carbonyl (C=O) groups is 2. The van der Waals surface area contributed by atoms with Crippen molar-refractivity contribution in [2.24, 2.45) is 0 Å². The van der Waals surface area contributed by atoms with Crippen molar-refractivity contribution in [2.75, 3.05) is 25.1 Å². The molecule has 2 heterocycles. The SMILES string of the molecule is COc1ccc(C2=C(N3CCCCC3)C(=O)N(c3ccc(C)c(Cl)c3)C2=O)cc1. The fraction of sp³-hybridized carbons (Fsp3) is 0.304. The predicted molar refractivity (Wildman–Crippen MR) is 114 cm³/mol. The van der Waals surface area contributed by atoms with Crippen molar-refractivity contribution in [3.8, 4) is 5.75 Å². The maximum atomic E-state index is 13.5. The number of imide groups is 1. The van der Waals surface area contributed by atoms with Crippen LogP contribution in [0.25, 0.3) is 5.57 Å². The molecule has 150 valence electrons. The number of anilines is 1. The van der Waals surface area contributed by atoms with Gasteiger partial charge in [0.2, 0.25) is 0 Å². The first kappa shape index (κ1) is 19.5. The number of benzene rings is 2. The summed E-state index contributed by atoms with van der Waals surface area (Å²) in [6.07, 6.45) is 3.16. The van der Waals surface area contributed by atoms with E-state index in [1.54, 1.807) is 31.4 Å². The molecule has 0 aliphatic carbocycles. The van der Waals surface area contributed by atoms with Crippen LogP contribution in [0, 0.1) is 6.92 Å². The van der Waals surface area contributed by atoms with Gasteiger partial charge in [0.25, 0.3) is 11.8 Å². The molecule has 0 N–H and O–H groups in total. The van der Waals surface area contributed by atoms with E-state index in [9.17, 15) is 9.59 Å². The highest BCUT2D eigenvalue weighted by molar-refractivity contribution is 6.45. The molecule has 6 heteroatoms. The first-order chi connectivity index (χ1) is 14.0. The monoisotopic (exact) mass is 410 g/mol. The van der Waals surface area contributed by atoms with Gasteiger partial charge < -0.3 is 9.64 Å². The summed E-state index contributed by atoms with van der Waals surface area (Å²) in [5.41, 5.74) is 3.03. The van der Waals surface area contributed by atoms with Crippen molar-refractivity contribution in [2.45, 2.75) is 26.2 Å². The lowest BCUT2D eigenvalue weighted by Crippen LogP contribution is -2.37. The lowest BCUT2D eigenvalue weighted by molar-refractivity contribution is -0.120. The molecule has 0 atom stereocenters. The van der Waals surface area contributed by atoms with Crippen molar-refractivity contribution in [1.82, 2.24) is 4.90 Å². The van der Waals surface area contributed by atoms with Crippen molar-refractivity contribution in [1.29, 1.82) is 0 Å². The van der Waals surface area contributed by atoms with Crippen LogP contribution >= 0.6 is 11.6 Å². The molecule has 1 fully saturated rings. The molecule has 4 rings (SSSR count). The standard InChI is InChI=1S/C23H23ClN2O3/c1-15-6-9-17(14-19(15)24)26-22(27)20(16-7-10-18(29-2)11-8-16)21(23(26)28)25-12-4-3-5-13-25/h6-11,14H,3-5,12-13H2,1-2H3. The smallest absolute Gasteiger partial charge is 0.282 e. The third kappa shape index (κ3) is 3.51. The van der Waals surface area contributed by atoms with Gasteiger partial charge in [0.15, 0.2) is 0 Å². The molecule has 2 aliphatic heterocycles. The Kier molecular flexibility index (Phi) is 5.33. The van der Waals surface area contributed by atoms with Crippen LogP contribution in [0.1, 0.15) is 30.4 Å². The summed E-state index contributed by atoms with van der Waals surface area (Å²) in [7, 11) is 1.60. The zero-order valence-corrected chi connectivity index (χ0v) is 17.3. The molecule has 0 saturated carbocycles. The number of likely N-dealkylation sites (tertiary alicyclic amines) is 1. The third-order valence-corrected chi connectivity index (χ3v) is 5.93. The zero-order valence-electron chi connectivity index (χ0n) is 16.6. The summed E-state index contributed by atoms with van der Waals surface area (Å²) < 4.78 is 5.23. The number of aryl methyl sites for hydroxylation is 1. The van der Waals surface area contributed by atoms with Gasteiger partial charge in [-0.25, -0.2) is 4.90 Å². The maximum Gasteiger partial charge on any atom is 0.282 e. The second kappa shape index (κ2) is 7.91. The van der Waals surface area contributed by atoms with Gasteiger partial charge in [-0.05, 0) is 61.6 Å².